The van der Waals surface area contributed by atoms with E-state index >= 15 is 0 Å². The van der Waals surface area contributed by atoms with E-state index in [-0.39, 0.29) is 30.5 Å². The Bertz CT molecular complexity index is 1490. The van der Waals surface area contributed by atoms with Crippen molar-refractivity contribution in [1.29, 1.82) is 0 Å². The molecule has 3 N–H and O–H groups in total. The highest BCUT2D eigenvalue weighted by atomic mass is 16.6. The van der Waals surface area contributed by atoms with Gasteiger partial charge in [-0.1, -0.05) is 30.3 Å². The number of nitrogens with one attached hydrogen (secondary N) is 1. The molecule has 2 heterocycles. The monoisotopic (exact) mass is 550 g/mol. The maximum atomic E-state index is 13.4. The Morgan fingerprint density at radius 3 is 2.45 bits per heavy atom. The molecule has 40 heavy (non-hydrogen) atoms. The summed E-state index contributed by atoms with van der Waals surface area (Å²) in [4.78, 5) is 62.0. The number of ether oxygens (including phenoxy) is 2. The number of nitrogens with zero attached hydrogens (tertiary/aromatic N) is 2. The molecule has 0 bridgehead atoms. The number of para-hydroxylation sites is 1. The zero-order valence-corrected chi connectivity index (χ0v) is 23.0. The predicted octanol–water partition coefficient (Wildman–Crippen LogP) is 3.29. The number of benzene rings is 1. The van der Waals surface area contributed by atoms with Crippen molar-refractivity contribution in [3.63, 3.8) is 0 Å². The van der Waals surface area contributed by atoms with Crippen molar-refractivity contribution in [2.45, 2.75) is 58.2 Å². The van der Waals surface area contributed by atoms with Gasteiger partial charge in [-0.3, -0.25) is 19.0 Å². The van der Waals surface area contributed by atoms with Gasteiger partial charge < -0.3 is 25.1 Å². The first-order chi connectivity index (χ1) is 18.9. The number of amides is 2. The maximum Gasteiger partial charge on any atom is 0.419 e. The van der Waals surface area contributed by atoms with Crippen molar-refractivity contribution >= 4 is 34.8 Å². The number of Topliss-reactive ketones (excluding diaryl/α,β-unsaturated/α-hetero) is 1. The van der Waals surface area contributed by atoms with E-state index < -0.39 is 35.5 Å². The number of ketones is 1. The fourth-order valence-corrected chi connectivity index (χ4v) is 4.18. The maximum absolute atomic E-state index is 13.4. The summed E-state index contributed by atoms with van der Waals surface area (Å²) in [6.45, 7) is 5.50. The Morgan fingerprint density at radius 2 is 1.77 bits per heavy atom. The normalized spacial score (nSPS) is 12.3. The number of carbonyl (C=O) groups excluding carboxylic acids is 4. The van der Waals surface area contributed by atoms with Crippen LogP contribution in [0.15, 0.2) is 65.7 Å². The quantitative estimate of drug-likeness (QED) is 0.368. The van der Waals surface area contributed by atoms with Gasteiger partial charge >= 0.3 is 12.2 Å². The number of pyridine rings is 1. The molecule has 2 amide bonds. The molecule has 0 radical (unpaired) electrons. The third kappa shape index (κ3) is 7.92. The van der Waals surface area contributed by atoms with Gasteiger partial charge in [0, 0.05) is 29.8 Å². The number of aromatic nitrogens is 2. The number of carbonyl (C=O) groups is 4. The lowest BCUT2D eigenvalue weighted by Gasteiger charge is -2.20. The second-order valence-corrected chi connectivity index (χ2v) is 10.2. The molecule has 0 saturated carbocycles. The number of nitrogens with two attached hydrogens (primary N) is 1. The van der Waals surface area contributed by atoms with Crippen LogP contribution in [0.3, 0.4) is 0 Å². The Kier molecular flexibility index (Phi) is 9.65. The Labute approximate surface area is 231 Å². The molecule has 1 aromatic carbocycles. The molecule has 0 aliphatic rings. The van der Waals surface area contributed by atoms with Crippen LogP contribution in [0, 0.1) is 0 Å². The van der Waals surface area contributed by atoms with Crippen LogP contribution in [-0.2, 0) is 32.0 Å². The van der Waals surface area contributed by atoms with Crippen LogP contribution in [0.2, 0.25) is 0 Å². The number of allylic oxidation sites excluding steroid dienone is 1. The zero-order valence-electron chi connectivity index (χ0n) is 23.0. The molecule has 0 aliphatic carbocycles. The molecule has 11 heteroatoms. The van der Waals surface area contributed by atoms with E-state index in [1.165, 1.54) is 28.4 Å². The fourth-order valence-electron chi connectivity index (χ4n) is 4.18. The highest BCUT2D eigenvalue weighted by molar-refractivity contribution is 5.92. The second-order valence-electron chi connectivity index (χ2n) is 10.2. The summed E-state index contributed by atoms with van der Waals surface area (Å²) >= 11 is 0. The SMILES string of the molecule is COC(=O)N[C@@H](CC/C=C/C(N)=O)C(=O)Cc1cccn(Cc2cccc3ccn(C(=O)OC(C)(C)C)c23)c1=O. The number of hydrogen-bond acceptors (Lipinski definition) is 7. The summed E-state index contributed by atoms with van der Waals surface area (Å²) in [5.74, 6) is -1.02. The first-order valence-electron chi connectivity index (χ1n) is 12.7. The lowest BCUT2D eigenvalue weighted by Crippen LogP contribution is -2.42. The van der Waals surface area contributed by atoms with Crippen molar-refractivity contribution in [1.82, 2.24) is 14.5 Å². The molecular formula is C29H34N4O7. The molecule has 3 rings (SSSR count). The van der Waals surface area contributed by atoms with Crippen LogP contribution in [-0.4, -0.2) is 51.8 Å². The van der Waals surface area contributed by atoms with Crippen molar-refractivity contribution in [2.24, 2.45) is 5.73 Å². The summed E-state index contributed by atoms with van der Waals surface area (Å²) in [5, 5.41) is 3.29. The highest BCUT2D eigenvalue weighted by Gasteiger charge is 2.23. The van der Waals surface area contributed by atoms with E-state index in [0.29, 0.717) is 17.5 Å². The molecule has 0 aliphatic heterocycles. The third-order valence-electron chi connectivity index (χ3n) is 5.96. The molecule has 2 aromatic heterocycles. The first-order valence-corrected chi connectivity index (χ1v) is 12.7. The van der Waals surface area contributed by atoms with Gasteiger partial charge in [0.25, 0.3) is 5.56 Å². The van der Waals surface area contributed by atoms with Gasteiger partial charge in [-0.2, -0.15) is 0 Å². The second kappa shape index (κ2) is 12.9. The largest absolute Gasteiger partial charge is 0.453 e. The molecule has 11 nitrogen and oxygen atoms in total. The minimum atomic E-state index is -0.941. The van der Waals surface area contributed by atoms with Crippen LogP contribution < -0.4 is 16.6 Å². The van der Waals surface area contributed by atoms with Gasteiger partial charge in [0.15, 0.2) is 5.78 Å². The van der Waals surface area contributed by atoms with Crippen LogP contribution in [0.25, 0.3) is 10.9 Å². The van der Waals surface area contributed by atoms with Crippen molar-refractivity contribution in [3.05, 3.63) is 82.4 Å². The van der Waals surface area contributed by atoms with E-state index in [4.69, 9.17) is 10.5 Å². The van der Waals surface area contributed by atoms with E-state index in [1.54, 1.807) is 51.4 Å². The lowest BCUT2D eigenvalue weighted by molar-refractivity contribution is -0.120. The topological polar surface area (TPSA) is 152 Å². The number of primary amides is 1. The van der Waals surface area contributed by atoms with Gasteiger partial charge in [-0.15, -0.1) is 0 Å². The summed E-state index contributed by atoms with van der Waals surface area (Å²) in [7, 11) is 1.18. The first kappa shape index (κ1) is 29.9. The number of rotatable bonds is 10. The molecule has 0 unspecified atom stereocenters. The summed E-state index contributed by atoms with van der Waals surface area (Å²) < 4.78 is 13.0. The molecule has 1 atom stereocenters. The summed E-state index contributed by atoms with van der Waals surface area (Å²) in [6, 6.07) is 9.61. The Morgan fingerprint density at radius 1 is 1.05 bits per heavy atom. The van der Waals surface area contributed by atoms with E-state index in [0.717, 1.165) is 5.39 Å². The third-order valence-corrected chi connectivity index (χ3v) is 5.96. The van der Waals surface area contributed by atoms with Gasteiger partial charge in [0.2, 0.25) is 5.91 Å². The standard InChI is InChI=1S/C29H34N4O7/c1-29(2,3)40-28(38)33-16-14-19-9-7-10-21(25(19)33)18-32-15-8-11-20(26(32)36)17-23(34)22(31-27(37)39-4)12-5-6-13-24(30)35/h6-11,13-16,22H,5,12,17-18H2,1-4H3,(H2,30,35)(H,31,37)/b13-6+/t22-/m0/s1. The van der Waals surface area contributed by atoms with Crippen LogP contribution >= 0.6 is 0 Å². The number of alkyl carbamates (subject to hydrolysis) is 1. The van der Waals surface area contributed by atoms with Crippen LogP contribution in [0.4, 0.5) is 9.59 Å². The Balaban J connectivity index is 1.86. The lowest BCUT2D eigenvalue weighted by atomic mass is 10.0. The average molecular weight is 551 g/mol. The average Bonchev–Trinajstić information content (AvgIpc) is 3.32. The van der Waals surface area contributed by atoms with Gasteiger partial charge in [0.05, 0.1) is 25.2 Å². The number of hydrogen-bond donors (Lipinski definition) is 2. The highest BCUT2D eigenvalue weighted by Crippen LogP contribution is 2.23. The number of methoxy groups -OCH3 is 1. The number of fused-ring (bicyclic) bond motifs is 1. The van der Waals surface area contributed by atoms with Crippen molar-refractivity contribution < 1.29 is 28.7 Å². The van der Waals surface area contributed by atoms with Crippen molar-refractivity contribution in [3.8, 4) is 0 Å². The molecule has 0 saturated heterocycles. The van der Waals surface area contributed by atoms with Gasteiger partial charge in [0.1, 0.15) is 5.60 Å². The summed E-state index contributed by atoms with van der Waals surface area (Å²) in [6.07, 6.45) is 4.85. The minimum Gasteiger partial charge on any atom is -0.453 e. The van der Waals surface area contributed by atoms with Crippen molar-refractivity contribution in [2.75, 3.05) is 7.11 Å². The molecule has 3 aromatic rings. The molecular weight excluding hydrogens is 516 g/mol. The van der Waals surface area contributed by atoms with E-state index in [2.05, 4.69) is 10.1 Å². The van der Waals surface area contributed by atoms with Crippen LogP contribution in [0.5, 0.6) is 0 Å². The molecule has 212 valence electrons. The predicted molar refractivity (Wildman–Crippen MR) is 149 cm³/mol. The van der Waals surface area contributed by atoms with Gasteiger partial charge in [-0.25, -0.2) is 9.59 Å². The fraction of sp³-hybridized carbons (Fsp3) is 0.345. The Hall–Kier alpha value is -4.67. The smallest absolute Gasteiger partial charge is 0.419 e. The van der Waals surface area contributed by atoms with Crippen LogP contribution in [0.1, 0.15) is 44.7 Å². The molecule has 0 spiro atoms. The van der Waals surface area contributed by atoms with E-state index in [1.807, 2.05) is 18.2 Å². The summed E-state index contributed by atoms with van der Waals surface area (Å²) in [5.41, 5.74) is 5.60. The van der Waals surface area contributed by atoms with E-state index in [9.17, 15) is 24.0 Å². The minimum absolute atomic E-state index is 0.146. The molecule has 0 fully saturated rings. The zero-order chi connectivity index (χ0) is 29.4. The van der Waals surface area contributed by atoms with Gasteiger partial charge in [-0.05, 0) is 57.4 Å².